The summed E-state index contributed by atoms with van der Waals surface area (Å²) in [4.78, 5) is 44.9. The number of hydrogen-bond donors (Lipinski definition) is 2. The van der Waals surface area contributed by atoms with Crippen molar-refractivity contribution in [3.8, 4) is 6.07 Å². The lowest BCUT2D eigenvalue weighted by Gasteiger charge is -2.38. The summed E-state index contributed by atoms with van der Waals surface area (Å²) in [6.07, 6.45) is -2.01. The average molecular weight is 544 g/mol. The van der Waals surface area contributed by atoms with Crippen molar-refractivity contribution in [2.45, 2.75) is 65.3 Å². The van der Waals surface area contributed by atoms with E-state index in [1.54, 1.807) is 33.9 Å². The number of likely N-dealkylation sites (tertiary alicyclic amines) is 1. The van der Waals surface area contributed by atoms with Crippen molar-refractivity contribution >= 4 is 28.5 Å². The highest BCUT2D eigenvalue weighted by Gasteiger charge is 2.70. The molecule has 5 atom stereocenters. The highest BCUT2D eigenvalue weighted by Crippen LogP contribution is 2.65. The Balaban J connectivity index is 1.67. The number of piperidine rings is 1. The van der Waals surface area contributed by atoms with Crippen LogP contribution in [0.3, 0.4) is 0 Å². The van der Waals surface area contributed by atoms with Crippen LogP contribution in [-0.2, 0) is 19.9 Å². The normalized spacial score (nSPS) is 24.2. The van der Waals surface area contributed by atoms with E-state index in [2.05, 4.69) is 16.4 Å². The van der Waals surface area contributed by atoms with E-state index >= 15 is 0 Å². The number of halogens is 3. The SMILES string of the molecule is CC(C#N)(NC(=O)[C@@H]1[C@@H]2[C@H](CN1C(=O)[C@@H](NC(=O)C(F)(F)F)C(C)(C)C)C2(C)C)c1cncc2ccccc12. The van der Waals surface area contributed by atoms with Crippen LogP contribution in [0.2, 0.25) is 0 Å². The van der Waals surface area contributed by atoms with Gasteiger partial charge < -0.3 is 15.5 Å². The van der Waals surface area contributed by atoms with Gasteiger partial charge in [0.2, 0.25) is 11.8 Å². The van der Waals surface area contributed by atoms with Gasteiger partial charge in [-0.25, -0.2) is 0 Å². The van der Waals surface area contributed by atoms with Gasteiger partial charge in [0.1, 0.15) is 12.1 Å². The van der Waals surface area contributed by atoms with Crippen LogP contribution in [0.1, 0.15) is 47.1 Å². The molecule has 1 saturated carbocycles. The van der Waals surface area contributed by atoms with Crippen LogP contribution in [0.15, 0.2) is 36.7 Å². The van der Waals surface area contributed by atoms with Gasteiger partial charge in [0.25, 0.3) is 0 Å². The van der Waals surface area contributed by atoms with Crippen LogP contribution >= 0.6 is 0 Å². The molecule has 2 fully saturated rings. The smallest absolute Gasteiger partial charge is 0.336 e. The van der Waals surface area contributed by atoms with Crippen molar-refractivity contribution in [3.05, 3.63) is 42.2 Å². The molecule has 2 heterocycles. The maximum absolute atomic E-state index is 13.9. The number of benzene rings is 1. The van der Waals surface area contributed by atoms with Gasteiger partial charge in [0, 0.05) is 29.9 Å². The molecular weight excluding hydrogens is 511 g/mol. The van der Waals surface area contributed by atoms with E-state index in [9.17, 15) is 32.8 Å². The second-order valence-corrected chi connectivity index (χ2v) is 12.3. The molecule has 1 aromatic carbocycles. The second-order valence-electron chi connectivity index (χ2n) is 12.3. The Morgan fingerprint density at radius 2 is 1.77 bits per heavy atom. The molecular formula is C28H32F3N5O3. The lowest BCUT2D eigenvalue weighted by Crippen LogP contribution is -2.61. The first-order valence-corrected chi connectivity index (χ1v) is 12.7. The summed E-state index contributed by atoms with van der Waals surface area (Å²) in [5.41, 5.74) is -2.39. The Morgan fingerprint density at radius 1 is 1.13 bits per heavy atom. The third-order valence-corrected chi connectivity index (χ3v) is 8.21. The minimum atomic E-state index is -5.17. The third-order valence-electron chi connectivity index (χ3n) is 8.21. The Hall–Kier alpha value is -3.68. The molecule has 4 rings (SSSR count). The number of carbonyl (C=O) groups is 3. The zero-order valence-corrected chi connectivity index (χ0v) is 22.7. The maximum atomic E-state index is 13.9. The molecule has 1 aromatic heterocycles. The zero-order chi connectivity index (χ0) is 29.1. The van der Waals surface area contributed by atoms with Crippen LogP contribution in [0, 0.1) is 34.0 Å². The van der Waals surface area contributed by atoms with Crippen molar-refractivity contribution in [3.63, 3.8) is 0 Å². The van der Waals surface area contributed by atoms with Gasteiger partial charge in [-0.1, -0.05) is 58.9 Å². The van der Waals surface area contributed by atoms with E-state index < -0.39 is 46.9 Å². The van der Waals surface area contributed by atoms with Gasteiger partial charge in [-0.2, -0.15) is 18.4 Å². The average Bonchev–Trinajstić information content (AvgIpc) is 3.17. The summed E-state index contributed by atoms with van der Waals surface area (Å²) in [5.74, 6) is -3.89. The van der Waals surface area contributed by atoms with Crippen molar-refractivity contribution in [2.75, 3.05) is 6.54 Å². The van der Waals surface area contributed by atoms with Crippen LogP contribution in [0.4, 0.5) is 13.2 Å². The van der Waals surface area contributed by atoms with Gasteiger partial charge in [0.15, 0.2) is 5.54 Å². The Labute approximate surface area is 224 Å². The zero-order valence-electron chi connectivity index (χ0n) is 22.7. The molecule has 2 N–H and O–H groups in total. The lowest BCUT2D eigenvalue weighted by atomic mass is 9.85. The molecule has 0 spiro atoms. The quantitative estimate of drug-likeness (QED) is 0.597. The topological polar surface area (TPSA) is 115 Å². The number of nitrogens with one attached hydrogen (secondary N) is 2. The molecule has 8 nitrogen and oxygen atoms in total. The number of aromatic nitrogens is 1. The van der Waals surface area contributed by atoms with E-state index in [1.807, 2.05) is 43.4 Å². The predicted octanol–water partition coefficient (Wildman–Crippen LogP) is 3.67. The largest absolute Gasteiger partial charge is 0.471 e. The number of rotatable bonds is 5. The van der Waals surface area contributed by atoms with Gasteiger partial charge in [-0.15, -0.1) is 0 Å². The Morgan fingerprint density at radius 3 is 2.36 bits per heavy atom. The monoisotopic (exact) mass is 543 g/mol. The molecule has 2 aromatic rings. The number of nitriles is 1. The number of alkyl halides is 3. The molecule has 1 saturated heterocycles. The van der Waals surface area contributed by atoms with E-state index in [0.717, 1.165) is 10.8 Å². The first-order chi connectivity index (χ1) is 17.9. The fourth-order valence-corrected chi connectivity index (χ4v) is 5.83. The van der Waals surface area contributed by atoms with Crippen molar-refractivity contribution in [1.82, 2.24) is 20.5 Å². The molecule has 39 heavy (non-hydrogen) atoms. The number of fused-ring (bicyclic) bond motifs is 2. The summed E-state index contributed by atoms with van der Waals surface area (Å²) in [6, 6.07) is 6.91. The summed E-state index contributed by atoms with van der Waals surface area (Å²) < 4.78 is 39.2. The van der Waals surface area contributed by atoms with Crippen molar-refractivity contribution in [2.24, 2.45) is 22.7 Å². The standard InChI is InChI=1S/C28H32F3N5O3/c1-25(2,3)21(34-24(39)28(29,30)31)23(38)36-13-18-19(26(18,4)5)20(36)22(37)35-27(6,14-32)17-12-33-11-15-9-7-8-10-16(15)17/h7-12,18-21H,13H2,1-6H3,(H,34,39)(H,35,37)/t18-,19-,20-,21+,27?/m0/s1. The van der Waals surface area contributed by atoms with Crippen LogP contribution in [0.25, 0.3) is 10.8 Å². The molecule has 1 aliphatic carbocycles. The molecule has 1 aliphatic heterocycles. The fourth-order valence-electron chi connectivity index (χ4n) is 5.83. The number of hydrogen-bond acceptors (Lipinski definition) is 5. The highest BCUT2D eigenvalue weighted by atomic mass is 19.4. The maximum Gasteiger partial charge on any atom is 0.471 e. The van der Waals surface area contributed by atoms with E-state index in [-0.39, 0.29) is 23.8 Å². The van der Waals surface area contributed by atoms with Crippen molar-refractivity contribution in [1.29, 1.82) is 5.26 Å². The first-order valence-electron chi connectivity index (χ1n) is 12.7. The minimum Gasteiger partial charge on any atom is -0.336 e. The van der Waals surface area contributed by atoms with Crippen LogP contribution in [-0.4, -0.2) is 52.4 Å². The lowest BCUT2D eigenvalue weighted by molar-refractivity contribution is -0.176. The third kappa shape index (κ3) is 4.92. The fraction of sp³-hybridized carbons (Fsp3) is 0.536. The summed E-state index contributed by atoms with van der Waals surface area (Å²) in [6.45, 7) is 10.3. The van der Waals surface area contributed by atoms with E-state index in [0.29, 0.717) is 5.56 Å². The van der Waals surface area contributed by atoms with Crippen LogP contribution in [0.5, 0.6) is 0 Å². The Kier molecular flexibility index (Phi) is 6.69. The van der Waals surface area contributed by atoms with Crippen molar-refractivity contribution < 1.29 is 27.6 Å². The summed E-state index contributed by atoms with van der Waals surface area (Å²) >= 11 is 0. The molecule has 1 unspecified atom stereocenters. The molecule has 208 valence electrons. The van der Waals surface area contributed by atoms with E-state index in [4.69, 9.17) is 0 Å². The Bertz CT molecular complexity index is 1370. The highest BCUT2D eigenvalue weighted by molar-refractivity contribution is 5.95. The molecule has 2 aliphatic rings. The van der Waals surface area contributed by atoms with Gasteiger partial charge in [-0.05, 0) is 35.0 Å². The second kappa shape index (κ2) is 9.21. The molecule has 11 heteroatoms. The van der Waals surface area contributed by atoms with Gasteiger partial charge in [0.05, 0.1) is 6.07 Å². The summed E-state index contributed by atoms with van der Waals surface area (Å²) in [7, 11) is 0. The number of pyridine rings is 1. The first kappa shape index (κ1) is 28.3. The minimum absolute atomic E-state index is 0.0521. The summed E-state index contributed by atoms with van der Waals surface area (Å²) in [5, 5.41) is 16.3. The van der Waals surface area contributed by atoms with Gasteiger partial charge in [-0.3, -0.25) is 19.4 Å². The molecule has 3 amide bonds. The van der Waals surface area contributed by atoms with Gasteiger partial charge >= 0.3 is 12.1 Å². The number of carbonyl (C=O) groups excluding carboxylic acids is 3. The van der Waals surface area contributed by atoms with E-state index in [1.165, 1.54) is 11.1 Å². The number of nitrogens with zero attached hydrogens (tertiary/aromatic N) is 3. The van der Waals surface area contributed by atoms with Crippen LogP contribution < -0.4 is 10.6 Å². The molecule has 0 radical (unpaired) electrons. The molecule has 0 bridgehead atoms. The predicted molar refractivity (Wildman–Crippen MR) is 137 cm³/mol. The number of amides is 3.